The summed E-state index contributed by atoms with van der Waals surface area (Å²) >= 11 is 0. The molecule has 138 valence electrons. The molecule has 8 heteroatoms. The highest BCUT2D eigenvalue weighted by molar-refractivity contribution is 5.92. The first-order valence-electron chi connectivity index (χ1n) is 8.24. The van der Waals surface area contributed by atoms with E-state index in [-0.39, 0.29) is 0 Å². The van der Waals surface area contributed by atoms with Gasteiger partial charge in [-0.3, -0.25) is 23.9 Å². The maximum Gasteiger partial charge on any atom is 0.328 e. The molecule has 0 saturated heterocycles. The minimum Gasteiger partial charge on any atom is -0.454 e. The summed E-state index contributed by atoms with van der Waals surface area (Å²) in [6, 6.07) is 8.59. The van der Waals surface area contributed by atoms with Crippen LogP contribution in [0.4, 0.5) is 5.69 Å². The predicted octanol–water partition coefficient (Wildman–Crippen LogP) is 1.23. The number of ether oxygens (including phenoxy) is 1. The van der Waals surface area contributed by atoms with Crippen LogP contribution in [0.15, 0.2) is 46.1 Å². The van der Waals surface area contributed by atoms with Gasteiger partial charge in [0.05, 0.1) is 0 Å². The van der Waals surface area contributed by atoms with Crippen molar-refractivity contribution in [3.8, 4) is 0 Å². The van der Waals surface area contributed by atoms with Crippen LogP contribution in [0.5, 0.6) is 0 Å². The Morgan fingerprint density at radius 2 is 1.88 bits per heavy atom. The number of rotatable bonds is 7. The van der Waals surface area contributed by atoms with Crippen molar-refractivity contribution in [2.24, 2.45) is 0 Å². The van der Waals surface area contributed by atoms with Crippen LogP contribution in [0.3, 0.4) is 0 Å². The molecule has 0 aliphatic carbocycles. The highest BCUT2D eigenvalue weighted by Gasteiger charge is 2.10. The molecule has 1 atom stereocenters. The molecule has 0 fully saturated rings. The lowest BCUT2D eigenvalue weighted by molar-refractivity contribution is -0.148. The fourth-order valence-corrected chi connectivity index (χ4v) is 2.23. The zero-order valence-electron chi connectivity index (χ0n) is 14.7. The van der Waals surface area contributed by atoms with Gasteiger partial charge in [-0.25, -0.2) is 4.79 Å². The summed E-state index contributed by atoms with van der Waals surface area (Å²) in [5.74, 6) is -0.804. The van der Waals surface area contributed by atoms with Gasteiger partial charge in [0.1, 0.15) is 6.54 Å². The van der Waals surface area contributed by atoms with E-state index in [0.717, 1.165) is 17.1 Å². The van der Waals surface area contributed by atoms with Crippen molar-refractivity contribution in [2.75, 3.05) is 11.9 Å². The second-order valence-corrected chi connectivity index (χ2v) is 5.88. The van der Waals surface area contributed by atoms with Gasteiger partial charge in [0.15, 0.2) is 6.61 Å². The number of hydrogen-bond donors (Lipinski definition) is 2. The van der Waals surface area contributed by atoms with Crippen LogP contribution < -0.4 is 16.6 Å². The Morgan fingerprint density at radius 3 is 2.50 bits per heavy atom. The number of carbonyl (C=O) groups excluding carboxylic acids is 2. The van der Waals surface area contributed by atoms with Gasteiger partial charge in [-0.05, 0) is 30.0 Å². The number of anilines is 1. The van der Waals surface area contributed by atoms with Crippen molar-refractivity contribution in [1.29, 1.82) is 0 Å². The smallest absolute Gasteiger partial charge is 0.328 e. The summed E-state index contributed by atoms with van der Waals surface area (Å²) in [6.07, 6.45) is 2.21. The van der Waals surface area contributed by atoms with E-state index in [2.05, 4.69) is 19.2 Å². The average molecular weight is 359 g/mol. The largest absolute Gasteiger partial charge is 0.454 e. The second-order valence-electron chi connectivity index (χ2n) is 5.88. The Balaban J connectivity index is 1.83. The highest BCUT2D eigenvalue weighted by Crippen LogP contribution is 2.20. The van der Waals surface area contributed by atoms with Gasteiger partial charge in [-0.1, -0.05) is 26.0 Å². The first-order valence-corrected chi connectivity index (χ1v) is 8.24. The van der Waals surface area contributed by atoms with E-state index in [1.165, 1.54) is 11.8 Å². The Labute approximate surface area is 149 Å². The summed E-state index contributed by atoms with van der Waals surface area (Å²) in [4.78, 5) is 48.0. The minimum absolute atomic E-state index is 0.396. The van der Waals surface area contributed by atoms with E-state index >= 15 is 0 Å². The molecular formula is C18H21N3O5. The summed E-state index contributed by atoms with van der Waals surface area (Å²) in [7, 11) is 0. The van der Waals surface area contributed by atoms with Gasteiger partial charge in [0, 0.05) is 18.0 Å². The van der Waals surface area contributed by atoms with E-state index in [0.29, 0.717) is 11.6 Å². The molecule has 0 aliphatic heterocycles. The maximum atomic E-state index is 11.9. The average Bonchev–Trinajstić information content (AvgIpc) is 2.62. The number of amides is 1. The molecule has 1 amide bonds. The molecule has 0 saturated carbocycles. The van der Waals surface area contributed by atoms with Gasteiger partial charge in [-0.2, -0.15) is 0 Å². The van der Waals surface area contributed by atoms with E-state index < -0.39 is 36.3 Å². The fourth-order valence-electron chi connectivity index (χ4n) is 2.23. The molecule has 0 unspecified atom stereocenters. The molecule has 0 aliphatic rings. The number of esters is 1. The molecule has 26 heavy (non-hydrogen) atoms. The number of hydrogen-bond acceptors (Lipinski definition) is 5. The van der Waals surface area contributed by atoms with E-state index in [4.69, 9.17) is 4.74 Å². The third-order valence-electron chi connectivity index (χ3n) is 3.94. The van der Waals surface area contributed by atoms with Gasteiger partial charge in [0.25, 0.3) is 11.5 Å². The van der Waals surface area contributed by atoms with Crippen LogP contribution in [-0.2, 0) is 20.9 Å². The molecule has 2 N–H and O–H groups in total. The molecule has 1 heterocycles. The molecular weight excluding hydrogens is 338 g/mol. The lowest BCUT2D eigenvalue weighted by Gasteiger charge is -2.11. The number of benzene rings is 1. The summed E-state index contributed by atoms with van der Waals surface area (Å²) in [6.45, 7) is 3.37. The summed E-state index contributed by atoms with van der Waals surface area (Å²) < 4.78 is 5.82. The van der Waals surface area contributed by atoms with Gasteiger partial charge < -0.3 is 10.1 Å². The normalized spacial score (nSPS) is 11.6. The topological polar surface area (TPSA) is 110 Å². The monoisotopic (exact) mass is 359 g/mol. The van der Waals surface area contributed by atoms with Crippen LogP contribution in [0.2, 0.25) is 0 Å². The Hall–Kier alpha value is -3.16. The molecule has 8 nitrogen and oxygen atoms in total. The van der Waals surface area contributed by atoms with Crippen LogP contribution in [0.25, 0.3) is 0 Å². The van der Waals surface area contributed by atoms with Gasteiger partial charge in [-0.15, -0.1) is 0 Å². The van der Waals surface area contributed by atoms with Gasteiger partial charge in [0.2, 0.25) is 0 Å². The van der Waals surface area contributed by atoms with Crippen LogP contribution in [0.1, 0.15) is 31.7 Å². The lowest BCUT2D eigenvalue weighted by atomic mass is 9.99. The highest BCUT2D eigenvalue weighted by atomic mass is 16.5. The van der Waals surface area contributed by atoms with E-state index in [1.807, 2.05) is 17.1 Å². The van der Waals surface area contributed by atoms with E-state index in [1.54, 1.807) is 12.1 Å². The molecule has 1 aromatic carbocycles. The van der Waals surface area contributed by atoms with Crippen LogP contribution in [-0.4, -0.2) is 28.0 Å². The molecule has 0 spiro atoms. The number of nitrogens with one attached hydrogen (secondary N) is 2. The van der Waals surface area contributed by atoms with Crippen molar-refractivity contribution < 1.29 is 14.3 Å². The number of carbonyl (C=O) groups is 2. The van der Waals surface area contributed by atoms with Crippen molar-refractivity contribution >= 4 is 17.6 Å². The zero-order valence-corrected chi connectivity index (χ0v) is 14.7. The van der Waals surface area contributed by atoms with Crippen molar-refractivity contribution in [3.63, 3.8) is 0 Å². The predicted molar refractivity (Wildman–Crippen MR) is 96.1 cm³/mol. The number of nitrogens with zero attached hydrogens (tertiary/aromatic N) is 1. The Morgan fingerprint density at radius 1 is 1.19 bits per heavy atom. The van der Waals surface area contributed by atoms with Gasteiger partial charge >= 0.3 is 11.7 Å². The first-order chi connectivity index (χ1) is 12.4. The first kappa shape index (κ1) is 19.2. The summed E-state index contributed by atoms with van der Waals surface area (Å²) in [5, 5.41) is 2.63. The van der Waals surface area contributed by atoms with Crippen LogP contribution >= 0.6 is 0 Å². The Bertz CT molecular complexity index is 883. The van der Waals surface area contributed by atoms with Crippen molar-refractivity contribution in [3.05, 3.63) is 62.9 Å². The molecule has 2 aromatic rings. The standard InChI is InChI=1S/C18H21N3O5/c1-3-12(2)13-4-6-14(7-5-13)19-16(23)11-26-17(24)10-21-9-8-15(22)20-18(21)25/h4-9,12H,3,10-11H2,1-2H3,(H,19,23)(H,20,22,25)/t12-/m1/s1. The molecule has 0 bridgehead atoms. The Kier molecular flexibility index (Phi) is 6.48. The number of aromatic amines is 1. The molecule has 0 radical (unpaired) electrons. The minimum atomic E-state index is -0.763. The lowest BCUT2D eigenvalue weighted by Crippen LogP contribution is -2.32. The SMILES string of the molecule is CC[C@@H](C)c1ccc(NC(=O)COC(=O)Cn2ccc(=O)[nH]c2=O)cc1. The van der Waals surface area contributed by atoms with Crippen molar-refractivity contribution in [2.45, 2.75) is 32.7 Å². The molecule has 2 rings (SSSR count). The third-order valence-corrected chi connectivity index (χ3v) is 3.94. The maximum absolute atomic E-state index is 11.9. The number of aromatic nitrogens is 2. The quantitative estimate of drug-likeness (QED) is 0.723. The number of H-pyrrole nitrogens is 1. The summed E-state index contributed by atoms with van der Waals surface area (Å²) in [5.41, 5.74) is 0.511. The van der Waals surface area contributed by atoms with E-state index in [9.17, 15) is 19.2 Å². The van der Waals surface area contributed by atoms with Crippen molar-refractivity contribution in [1.82, 2.24) is 9.55 Å². The molecule has 1 aromatic heterocycles. The second kappa shape index (κ2) is 8.80. The zero-order chi connectivity index (χ0) is 19.1. The third kappa shape index (κ3) is 5.44. The van der Waals surface area contributed by atoms with Crippen LogP contribution in [0, 0.1) is 0 Å². The fraction of sp³-hybridized carbons (Fsp3) is 0.333.